The molecule has 0 N–H and O–H groups in total. The van der Waals surface area contributed by atoms with Crippen LogP contribution in [0.3, 0.4) is 0 Å². The average Bonchev–Trinajstić information content (AvgIpc) is 3.22. The molecule has 3 rings (SSSR count). The first-order chi connectivity index (χ1) is 14.0. The molecule has 2 fully saturated rings. The van der Waals surface area contributed by atoms with Crippen LogP contribution in [0.1, 0.15) is 44.1 Å². The highest BCUT2D eigenvalue weighted by atomic mass is 16.5. The molecule has 0 radical (unpaired) electrons. The third-order valence-electron chi connectivity index (χ3n) is 6.08. The fourth-order valence-electron chi connectivity index (χ4n) is 4.48. The first kappa shape index (κ1) is 21.3. The highest BCUT2D eigenvalue weighted by Gasteiger charge is 2.42. The number of benzene rings is 1. The number of ether oxygens (including phenoxy) is 3. The Balaban J connectivity index is 1.96. The van der Waals surface area contributed by atoms with Crippen LogP contribution in [0, 0.1) is 5.92 Å². The number of likely N-dealkylation sites (tertiary alicyclic amines) is 2. The lowest BCUT2D eigenvalue weighted by molar-refractivity contribution is -0.136. The number of hydrogen-bond acceptors (Lipinski definition) is 5. The van der Waals surface area contributed by atoms with Crippen LogP contribution in [0.5, 0.6) is 17.2 Å². The van der Waals surface area contributed by atoms with E-state index in [1.807, 2.05) is 28.9 Å². The summed E-state index contributed by atoms with van der Waals surface area (Å²) in [6, 6.07) is 3.81. The lowest BCUT2D eigenvalue weighted by atomic mass is 9.87. The Morgan fingerprint density at radius 2 is 1.55 bits per heavy atom. The highest BCUT2D eigenvalue weighted by Crippen LogP contribution is 2.43. The fraction of sp³-hybridized carbons (Fsp3) is 0.636. The molecule has 7 nitrogen and oxygen atoms in total. The van der Waals surface area contributed by atoms with Crippen molar-refractivity contribution < 1.29 is 23.8 Å². The number of amides is 2. The van der Waals surface area contributed by atoms with Crippen molar-refractivity contribution in [2.75, 3.05) is 47.5 Å². The third-order valence-corrected chi connectivity index (χ3v) is 6.08. The molecule has 2 aliphatic rings. The highest BCUT2D eigenvalue weighted by molar-refractivity contribution is 5.83. The second-order valence-corrected chi connectivity index (χ2v) is 7.71. The summed E-state index contributed by atoms with van der Waals surface area (Å²) in [4.78, 5) is 29.6. The van der Waals surface area contributed by atoms with Gasteiger partial charge in [0.25, 0.3) is 0 Å². The zero-order valence-corrected chi connectivity index (χ0v) is 17.9. The zero-order chi connectivity index (χ0) is 21.0. The second-order valence-electron chi connectivity index (χ2n) is 7.71. The molecule has 2 amide bonds. The molecule has 1 aromatic carbocycles. The molecule has 2 unspecified atom stereocenters. The van der Waals surface area contributed by atoms with E-state index in [0.717, 1.165) is 31.5 Å². The van der Waals surface area contributed by atoms with Crippen LogP contribution in [0.15, 0.2) is 12.1 Å². The van der Waals surface area contributed by atoms with Gasteiger partial charge in [0, 0.05) is 38.5 Å². The van der Waals surface area contributed by atoms with Gasteiger partial charge in [-0.3, -0.25) is 9.59 Å². The van der Waals surface area contributed by atoms with Gasteiger partial charge in [0.2, 0.25) is 17.6 Å². The molecule has 0 saturated carbocycles. The molecular weight excluding hydrogens is 372 g/mol. The van der Waals surface area contributed by atoms with E-state index in [0.29, 0.717) is 36.8 Å². The number of rotatable bonds is 6. The summed E-state index contributed by atoms with van der Waals surface area (Å²) in [5, 5.41) is 0. The van der Waals surface area contributed by atoms with Crippen molar-refractivity contribution in [3.8, 4) is 17.2 Å². The molecular formula is C22H32N2O5. The van der Waals surface area contributed by atoms with Gasteiger partial charge < -0.3 is 24.0 Å². The van der Waals surface area contributed by atoms with E-state index in [2.05, 4.69) is 0 Å². The van der Waals surface area contributed by atoms with Gasteiger partial charge in [-0.2, -0.15) is 0 Å². The summed E-state index contributed by atoms with van der Waals surface area (Å²) in [6.45, 7) is 4.45. The molecule has 0 bridgehead atoms. The number of carbonyl (C=O) groups excluding carboxylic acids is 2. The predicted octanol–water partition coefficient (Wildman–Crippen LogP) is 2.68. The van der Waals surface area contributed by atoms with E-state index < -0.39 is 0 Å². The molecule has 29 heavy (non-hydrogen) atoms. The lowest BCUT2D eigenvalue weighted by Gasteiger charge is -2.31. The topological polar surface area (TPSA) is 68.3 Å². The fourth-order valence-corrected chi connectivity index (χ4v) is 4.48. The average molecular weight is 405 g/mol. The van der Waals surface area contributed by atoms with E-state index >= 15 is 0 Å². The number of carbonyl (C=O) groups is 2. The predicted molar refractivity (Wildman–Crippen MR) is 110 cm³/mol. The van der Waals surface area contributed by atoms with Crippen molar-refractivity contribution in [2.45, 2.75) is 38.5 Å². The first-order valence-electron chi connectivity index (χ1n) is 10.4. The first-order valence-corrected chi connectivity index (χ1v) is 10.4. The quantitative estimate of drug-likeness (QED) is 0.729. The van der Waals surface area contributed by atoms with Gasteiger partial charge in [0.05, 0.1) is 27.2 Å². The summed E-state index contributed by atoms with van der Waals surface area (Å²) < 4.78 is 16.4. The van der Waals surface area contributed by atoms with Crippen LogP contribution in [-0.2, 0) is 9.59 Å². The maximum atomic E-state index is 13.4. The number of methoxy groups -OCH3 is 3. The van der Waals surface area contributed by atoms with E-state index in [1.165, 1.54) is 6.42 Å². The Hall–Kier alpha value is -2.44. The second kappa shape index (κ2) is 9.37. The summed E-state index contributed by atoms with van der Waals surface area (Å²) in [7, 11) is 4.73. The zero-order valence-electron chi connectivity index (χ0n) is 17.9. The lowest BCUT2D eigenvalue weighted by Crippen LogP contribution is -2.42. The van der Waals surface area contributed by atoms with Crippen LogP contribution in [0.25, 0.3) is 0 Å². The normalized spacial score (nSPS) is 21.8. The van der Waals surface area contributed by atoms with Crippen molar-refractivity contribution in [3.63, 3.8) is 0 Å². The van der Waals surface area contributed by atoms with Gasteiger partial charge in [0.1, 0.15) is 0 Å². The minimum absolute atomic E-state index is 0.0800. The van der Waals surface area contributed by atoms with Crippen LogP contribution in [0.4, 0.5) is 0 Å². The molecule has 7 heteroatoms. The van der Waals surface area contributed by atoms with Crippen molar-refractivity contribution in [2.24, 2.45) is 5.92 Å². The number of nitrogens with zero attached hydrogens (tertiary/aromatic N) is 2. The van der Waals surface area contributed by atoms with Crippen LogP contribution < -0.4 is 14.2 Å². The molecule has 1 aromatic rings. The van der Waals surface area contributed by atoms with E-state index in [4.69, 9.17) is 14.2 Å². The van der Waals surface area contributed by atoms with Gasteiger partial charge in [-0.15, -0.1) is 0 Å². The molecule has 0 aliphatic carbocycles. The Kier molecular flexibility index (Phi) is 6.87. The van der Waals surface area contributed by atoms with E-state index in [1.54, 1.807) is 21.3 Å². The van der Waals surface area contributed by atoms with Gasteiger partial charge in [0.15, 0.2) is 11.5 Å². The summed E-state index contributed by atoms with van der Waals surface area (Å²) in [5.74, 6) is 1.51. The summed E-state index contributed by atoms with van der Waals surface area (Å²) in [5.41, 5.74) is 0.932. The van der Waals surface area contributed by atoms with Crippen molar-refractivity contribution in [3.05, 3.63) is 17.7 Å². The Bertz CT molecular complexity index is 720. The van der Waals surface area contributed by atoms with Crippen molar-refractivity contribution >= 4 is 11.8 Å². The molecule has 160 valence electrons. The Morgan fingerprint density at radius 3 is 2.07 bits per heavy atom. The minimum atomic E-state index is -0.258. The van der Waals surface area contributed by atoms with E-state index in [9.17, 15) is 9.59 Å². The molecule has 2 saturated heterocycles. The van der Waals surface area contributed by atoms with Gasteiger partial charge in [-0.05, 0) is 37.0 Å². The SMILES string of the molecule is CCC(=O)N1CC(C(=O)N2CCCCC2)C(c2cc(OC)c(OC)c(OC)c2)C1. The molecule has 2 aliphatic heterocycles. The van der Waals surface area contributed by atoms with Crippen LogP contribution >= 0.6 is 0 Å². The van der Waals surface area contributed by atoms with Gasteiger partial charge >= 0.3 is 0 Å². The monoisotopic (exact) mass is 404 g/mol. The molecule has 0 aromatic heterocycles. The van der Waals surface area contributed by atoms with Gasteiger partial charge in [-0.1, -0.05) is 6.92 Å². The smallest absolute Gasteiger partial charge is 0.228 e. The van der Waals surface area contributed by atoms with Crippen LogP contribution in [0.2, 0.25) is 0 Å². The summed E-state index contributed by atoms with van der Waals surface area (Å²) in [6.07, 6.45) is 3.70. The maximum Gasteiger partial charge on any atom is 0.228 e. The van der Waals surface area contributed by atoms with Crippen molar-refractivity contribution in [1.29, 1.82) is 0 Å². The molecule has 2 atom stereocenters. The molecule has 0 spiro atoms. The summed E-state index contributed by atoms with van der Waals surface area (Å²) >= 11 is 0. The third kappa shape index (κ3) is 4.28. The standard InChI is InChI=1S/C22H32N2O5/c1-5-20(25)24-13-16(17(14-24)22(26)23-9-7-6-8-10-23)15-11-18(27-2)21(29-4)19(12-15)28-3/h11-12,16-17H,5-10,13-14H2,1-4H3. The Morgan fingerprint density at radius 1 is 0.931 bits per heavy atom. The largest absolute Gasteiger partial charge is 0.493 e. The van der Waals surface area contributed by atoms with Crippen LogP contribution in [-0.4, -0.2) is 69.1 Å². The van der Waals surface area contributed by atoms with E-state index in [-0.39, 0.29) is 23.7 Å². The van der Waals surface area contributed by atoms with Crippen molar-refractivity contribution in [1.82, 2.24) is 9.80 Å². The minimum Gasteiger partial charge on any atom is -0.493 e. The van der Waals surface area contributed by atoms with Gasteiger partial charge in [-0.25, -0.2) is 0 Å². The number of hydrogen-bond donors (Lipinski definition) is 0. The maximum absolute atomic E-state index is 13.4. The molecule has 2 heterocycles. The number of piperidine rings is 1. The Labute approximate surface area is 172 Å².